The largest absolute Gasteiger partial charge is 0.486 e. The van der Waals surface area contributed by atoms with Gasteiger partial charge in [-0.25, -0.2) is 4.98 Å². The van der Waals surface area contributed by atoms with E-state index in [1.807, 2.05) is 41.3 Å². The first-order valence-electron chi connectivity index (χ1n) is 10.8. The summed E-state index contributed by atoms with van der Waals surface area (Å²) < 4.78 is 11.3. The van der Waals surface area contributed by atoms with Gasteiger partial charge in [-0.1, -0.05) is 42.1 Å². The normalized spacial score (nSPS) is 16.1. The summed E-state index contributed by atoms with van der Waals surface area (Å²) in [6, 6.07) is 20.0. The highest BCUT2D eigenvalue weighted by Gasteiger charge is 2.25. The van der Waals surface area contributed by atoms with Gasteiger partial charge < -0.3 is 14.4 Å². The summed E-state index contributed by atoms with van der Waals surface area (Å²) in [6.07, 6.45) is 1.73. The van der Waals surface area contributed by atoms with E-state index in [2.05, 4.69) is 34.1 Å². The topological polar surface area (TPSA) is 54.9 Å². The van der Waals surface area contributed by atoms with Gasteiger partial charge in [-0.15, -0.1) is 0 Å². The van der Waals surface area contributed by atoms with Gasteiger partial charge in [0.1, 0.15) is 18.2 Å². The summed E-state index contributed by atoms with van der Waals surface area (Å²) in [5.41, 5.74) is 1.95. The van der Waals surface area contributed by atoms with Gasteiger partial charge in [0, 0.05) is 43.8 Å². The summed E-state index contributed by atoms with van der Waals surface area (Å²) in [4.78, 5) is 23.1. The van der Waals surface area contributed by atoms with Crippen LogP contribution in [0.4, 0.5) is 0 Å². The Kier molecular flexibility index (Phi) is 6.27. The molecule has 32 heavy (non-hydrogen) atoms. The van der Waals surface area contributed by atoms with Crippen molar-refractivity contribution in [3.8, 4) is 11.5 Å². The number of carbonyl (C=O) groups is 1. The van der Waals surface area contributed by atoms with Crippen molar-refractivity contribution in [2.45, 2.75) is 16.5 Å². The molecule has 0 saturated carbocycles. The molecule has 5 rings (SSSR count). The lowest BCUT2D eigenvalue weighted by Crippen LogP contribution is -2.48. The van der Waals surface area contributed by atoms with Gasteiger partial charge in [-0.3, -0.25) is 9.69 Å². The summed E-state index contributed by atoms with van der Waals surface area (Å²) in [6.45, 7) is 5.20. The predicted molar refractivity (Wildman–Crippen MR) is 123 cm³/mol. The van der Waals surface area contributed by atoms with Crippen LogP contribution in [0, 0.1) is 0 Å². The molecular weight excluding hydrogens is 422 g/mol. The fourth-order valence-corrected chi connectivity index (χ4v) is 4.86. The zero-order valence-electron chi connectivity index (χ0n) is 17.8. The van der Waals surface area contributed by atoms with E-state index in [0.717, 1.165) is 36.0 Å². The van der Waals surface area contributed by atoms with E-state index in [0.29, 0.717) is 36.9 Å². The summed E-state index contributed by atoms with van der Waals surface area (Å²) in [5, 5.41) is 0.709. The smallest absolute Gasteiger partial charge is 0.256 e. The second kappa shape index (κ2) is 9.63. The van der Waals surface area contributed by atoms with Crippen molar-refractivity contribution >= 4 is 17.7 Å². The molecule has 0 N–H and O–H groups in total. The van der Waals surface area contributed by atoms with Gasteiger partial charge in [0.25, 0.3) is 5.91 Å². The fraction of sp³-hybridized carbons (Fsp3) is 0.280. The zero-order valence-corrected chi connectivity index (χ0v) is 18.6. The number of carbonyl (C=O) groups excluding carboxylic acids is 1. The molecule has 3 heterocycles. The first-order chi connectivity index (χ1) is 15.8. The number of rotatable bonds is 5. The van der Waals surface area contributed by atoms with Crippen LogP contribution in [0.5, 0.6) is 11.5 Å². The molecule has 164 valence electrons. The van der Waals surface area contributed by atoms with E-state index in [-0.39, 0.29) is 5.91 Å². The number of hydrogen-bond acceptors (Lipinski definition) is 6. The number of nitrogens with zero attached hydrogens (tertiary/aromatic N) is 3. The maximum Gasteiger partial charge on any atom is 0.256 e. The van der Waals surface area contributed by atoms with Crippen LogP contribution in [-0.4, -0.2) is 60.1 Å². The van der Waals surface area contributed by atoms with Crippen LogP contribution in [0.2, 0.25) is 0 Å². The summed E-state index contributed by atoms with van der Waals surface area (Å²) in [7, 11) is 0. The number of pyridine rings is 1. The predicted octanol–water partition coefficient (Wildman–Crippen LogP) is 3.96. The van der Waals surface area contributed by atoms with E-state index in [4.69, 9.17) is 9.47 Å². The minimum atomic E-state index is 0.0394. The molecule has 1 aromatic heterocycles. The number of hydrogen-bond donors (Lipinski definition) is 0. The number of aromatic nitrogens is 1. The van der Waals surface area contributed by atoms with Crippen molar-refractivity contribution in [1.82, 2.24) is 14.8 Å². The van der Waals surface area contributed by atoms with Crippen LogP contribution < -0.4 is 9.47 Å². The molecule has 1 fully saturated rings. The lowest BCUT2D eigenvalue weighted by Gasteiger charge is -2.35. The molecule has 1 saturated heterocycles. The summed E-state index contributed by atoms with van der Waals surface area (Å²) >= 11 is 1.48. The molecule has 0 radical (unpaired) electrons. The van der Waals surface area contributed by atoms with Crippen LogP contribution in [0.15, 0.2) is 76.8 Å². The third-order valence-corrected chi connectivity index (χ3v) is 6.65. The molecule has 0 bridgehead atoms. The summed E-state index contributed by atoms with van der Waals surface area (Å²) in [5.74, 6) is 1.53. The number of piperazine rings is 1. The molecule has 0 atom stereocenters. The Morgan fingerprint density at radius 1 is 0.906 bits per heavy atom. The first-order valence-corrected chi connectivity index (χ1v) is 11.7. The number of benzene rings is 2. The lowest BCUT2D eigenvalue weighted by molar-refractivity contribution is 0.0624. The van der Waals surface area contributed by atoms with E-state index in [1.54, 1.807) is 6.20 Å². The van der Waals surface area contributed by atoms with Gasteiger partial charge >= 0.3 is 0 Å². The molecule has 6 nitrogen and oxygen atoms in total. The van der Waals surface area contributed by atoms with Crippen molar-refractivity contribution < 1.29 is 14.3 Å². The van der Waals surface area contributed by atoms with Gasteiger partial charge in [0.15, 0.2) is 11.5 Å². The minimum absolute atomic E-state index is 0.0394. The van der Waals surface area contributed by atoms with Crippen molar-refractivity contribution in [2.75, 3.05) is 39.4 Å². The van der Waals surface area contributed by atoms with E-state index in [1.165, 1.54) is 17.3 Å². The Morgan fingerprint density at radius 3 is 2.50 bits per heavy atom. The van der Waals surface area contributed by atoms with Gasteiger partial charge in [-0.05, 0) is 35.9 Å². The Hall–Kier alpha value is -3.03. The molecular formula is C25H25N3O3S. The average Bonchev–Trinajstić information content (AvgIpc) is 2.85. The van der Waals surface area contributed by atoms with E-state index in [9.17, 15) is 4.79 Å². The van der Waals surface area contributed by atoms with Gasteiger partial charge in [0.05, 0.1) is 5.56 Å². The number of fused-ring (bicyclic) bond motifs is 1. The van der Waals surface area contributed by atoms with Crippen LogP contribution in [0.3, 0.4) is 0 Å². The molecule has 0 aliphatic carbocycles. The monoisotopic (exact) mass is 447 g/mol. The minimum Gasteiger partial charge on any atom is -0.486 e. The molecule has 7 heteroatoms. The van der Waals surface area contributed by atoms with Crippen LogP contribution in [-0.2, 0) is 6.54 Å². The maximum atomic E-state index is 13.3. The Morgan fingerprint density at radius 2 is 1.69 bits per heavy atom. The van der Waals surface area contributed by atoms with E-state index >= 15 is 0 Å². The third-order valence-electron chi connectivity index (χ3n) is 5.64. The SMILES string of the molecule is O=C(c1cccnc1Sc1ccc2c(c1)OCCO2)N1CCN(Cc2ccccc2)CC1. The second-order valence-corrected chi connectivity index (χ2v) is 8.88. The number of amides is 1. The fourth-order valence-electron chi connectivity index (χ4n) is 3.95. The standard InChI is InChI=1S/C25H25N3O3S/c29-25(28-13-11-27(12-14-28)18-19-5-2-1-3-6-19)21-7-4-10-26-24(21)32-20-8-9-22-23(17-20)31-16-15-30-22/h1-10,17H,11-16,18H2. The average molecular weight is 448 g/mol. The van der Waals surface area contributed by atoms with Crippen molar-refractivity contribution in [2.24, 2.45) is 0 Å². The Balaban J connectivity index is 1.25. The molecule has 0 unspecified atom stereocenters. The van der Waals surface area contributed by atoms with Gasteiger partial charge in [-0.2, -0.15) is 0 Å². The Labute approximate surface area is 192 Å². The van der Waals surface area contributed by atoms with Crippen molar-refractivity contribution in [1.29, 1.82) is 0 Å². The van der Waals surface area contributed by atoms with Crippen LogP contribution in [0.25, 0.3) is 0 Å². The molecule has 2 aromatic carbocycles. The van der Waals surface area contributed by atoms with Crippen molar-refractivity contribution in [3.63, 3.8) is 0 Å². The van der Waals surface area contributed by atoms with Crippen LogP contribution in [0.1, 0.15) is 15.9 Å². The third kappa shape index (κ3) is 4.74. The quantitative estimate of drug-likeness (QED) is 0.590. The number of ether oxygens (including phenoxy) is 2. The molecule has 3 aromatic rings. The lowest BCUT2D eigenvalue weighted by atomic mass is 10.2. The van der Waals surface area contributed by atoms with E-state index < -0.39 is 0 Å². The molecule has 0 spiro atoms. The highest BCUT2D eigenvalue weighted by molar-refractivity contribution is 7.99. The maximum absolute atomic E-state index is 13.3. The molecule has 1 amide bonds. The highest BCUT2D eigenvalue weighted by atomic mass is 32.2. The first kappa shape index (κ1) is 20.8. The highest BCUT2D eigenvalue weighted by Crippen LogP contribution is 2.37. The van der Waals surface area contributed by atoms with Gasteiger partial charge in [0.2, 0.25) is 0 Å². The second-order valence-electron chi connectivity index (χ2n) is 7.82. The molecule has 2 aliphatic rings. The molecule has 2 aliphatic heterocycles. The Bertz CT molecular complexity index is 1080. The van der Waals surface area contributed by atoms with Crippen molar-refractivity contribution in [3.05, 3.63) is 78.0 Å². The van der Waals surface area contributed by atoms with Crippen LogP contribution >= 0.6 is 11.8 Å². The zero-order chi connectivity index (χ0) is 21.8.